The van der Waals surface area contributed by atoms with Crippen LogP contribution in [0.5, 0.6) is 5.75 Å². The highest BCUT2D eigenvalue weighted by Crippen LogP contribution is 2.20. The van der Waals surface area contributed by atoms with E-state index in [1.54, 1.807) is 40.0 Å². The van der Waals surface area contributed by atoms with E-state index >= 15 is 0 Å². The molecule has 130 valence electrons. The Morgan fingerprint density at radius 2 is 1.92 bits per heavy atom. The summed E-state index contributed by atoms with van der Waals surface area (Å²) in [6.07, 6.45) is 0. The second kappa shape index (κ2) is 7.60. The zero-order chi connectivity index (χ0) is 17.0. The molecule has 1 aromatic carbocycles. The summed E-state index contributed by atoms with van der Waals surface area (Å²) < 4.78 is 45.8. The van der Waals surface area contributed by atoms with E-state index in [-0.39, 0.29) is 11.6 Å². The van der Waals surface area contributed by atoms with E-state index < -0.39 is 10.0 Å². The van der Waals surface area contributed by atoms with Gasteiger partial charge in [0, 0.05) is 0 Å². The number of sulfonamides is 1. The van der Waals surface area contributed by atoms with Gasteiger partial charge in [0.15, 0.2) is 11.6 Å². The van der Waals surface area contributed by atoms with Crippen molar-refractivity contribution in [3.05, 3.63) is 47.6 Å². The first kappa shape index (κ1) is 17.3. The van der Waals surface area contributed by atoms with Crippen LogP contribution in [-0.4, -0.2) is 52.1 Å². The van der Waals surface area contributed by atoms with Gasteiger partial charge in [0.05, 0.1) is 26.2 Å². The maximum absolute atomic E-state index is 13.5. The number of rotatable bonds is 6. The molecule has 0 unspecified atom stereocenters. The Labute approximate surface area is 145 Å². The second-order valence-electron chi connectivity index (χ2n) is 5.62. The summed E-state index contributed by atoms with van der Waals surface area (Å²) in [6.45, 7) is 3.58. The Balaban J connectivity index is 1.47. The van der Waals surface area contributed by atoms with Crippen LogP contribution in [0.3, 0.4) is 0 Å². The highest BCUT2D eigenvalue weighted by Gasteiger charge is 2.30. The third kappa shape index (κ3) is 3.94. The molecule has 8 heteroatoms. The van der Waals surface area contributed by atoms with Crippen molar-refractivity contribution in [1.82, 2.24) is 4.31 Å². The van der Waals surface area contributed by atoms with Crippen molar-refractivity contribution >= 4 is 21.4 Å². The van der Waals surface area contributed by atoms with Gasteiger partial charge in [0.25, 0.3) is 10.0 Å². The van der Waals surface area contributed by atoms with Gasteiger partial charge in [-0.05, 0) is 23.6 Å². The molecule has 0 spiro atoms. The van der Waals surface area contributed by atoms with E-state index in [1.807, 2.05) is 0 Å². The molecule has 0 radical (unpaired) electrons. The van der Waals surface area contributed by atoms with E-state index in [0.29, 0.717) is 23.9 Å². The molecule has 0 aliphatic carbocycles. The van der Waals surface area contributed by atoms with Crippen LogP contribution < -0.4 is 9.64 Å². The molecular formula is C16H20FN2O3S2+. The molecule has 0 atom stereocenters. The molecule has 1 saturated heterocycles. The first-order valence-electron chi connectivity index (χ1n) is 7.82. The topological polar surface area (TPSA) is 51.0 Å². The van der Waals surface area contributed by atoms with Crippen LogP contribution in [0.4, 0.5) is 4.39 Å². The number of piperazine rings is 1. The molecule has 0 saturated carbocycles. The van der Waals surface area contributed by atoms with Gasteiger partial charge in [-0.3, -0.25) is 0 Å². The lowest BCUT2D eigenvalue weighted by molar-refractivity contribution is -0.903. The number of hydrogen-bond donors (Lipinski definition) is 1. The van der Waals surface area contributed by atoms with Gasteiger partial charge in [-0.15, -0.1) is 11.3 Å². The fourth-order valence-electron chi connectivity index (χ4n) is 2.70. The molecule has 0 amide bonds. The summed E-state index contributed by atoms with van der Waals surface area (Å²) in [5, 5.41) is 1.77. The fraction of sp³-hybridized carbons (Fsp3) is 0.375. The Morgan fingerprint density at radius 1 is 1.17 bits per heavy atom. The van der Waals surface area contributed by atoms with Gasteiger partial charge in [-0.25, -0.2) is 12.8 Å². The van der Waals surface area contributed by atoms with Crippen LogP contribution in [0.25, 0.3) is 0 Å². The molecule has 1 fully saturated rings. The molecule has 1 aliphatic rings. The van der Waals surface area contributed by atoms with Crippen molar-refractivity contribution in [3.63, 3.8) is 0 Å². The normalized spacial score (nSPS) is 17.0. The van der Waals surface area contributed by atoms with Crippen LogP contribution >= 0.6 is 11.3 Å². The first-order chi connectivity index (χ1) is 11.6. The third-order valence-electron chi connectivity index (χ3n) is 4.07. The van der Waals surface area contributed by atoms with Crippen molar-refractivity contribution in [1.29, 1.82) is 0 Å². The molecule has 1 N–H and O–H groups in total. The predicted molar refractivity (Wildman–Crippen MR) is 90.5 cm³/mol. The zero-order valence-corrected chi connectivity index (χ0v) is 14.8. The monoisotopic (exact) mass is 371 g/mol. The van der Waals surface area contributed by atoms with E-state index in [9.17, 15) is 12.8 Å². The molecule has 5 nitrogen and oxygen atoms in total. The van der Waals surface area contributed by atoms with E-state index in [1.165, 1.54) is 22.3 Å². The number of ether oxygens (including phenoxy) is 1. The first-order valence-corrected chi connectivity index (χ1v) is 10.1. The zero-order valence-electron chi connectivity index (χ0n) is 13.2. The summed E-state index contributed by atoms with van der Waals surface area (Å²) in [5.41, 5.74) is 0. The molecule has 1 aliphatic heterocycles. The molecule has 2 heterocycles. The van der Waals surface area contributed by atoms with Crippen LogP contribution in [0.2, 0.25) is 0 Å². The lowest BCUT2D eigenvalue weighted by atomic mass is 10.3. The summed E-state index contributed by atoms with van der Waals surface area (Å²) in [5.74, 6) is -0.102. The van der Waals surface area contributed by atoms with Crippen molar-refractivity contribution in [2.24, 2.45) is 0 Å². The smallest absolute Gasteiger partial charge is 0.252 e. The van der Waals surface area contributed by atoms with Crippen molar-refractivity contribution in [2.75, 3.05) is 39.3 Å². The number of nitrogens with one attached hydrogen (secondary N) is 1. The number of benzene rings is 1. The molecule has 2 aromatic rings. The van der Waals surface area contributed by atoms with Crippen LogP contribution in [0, 0.1) is 5.82 Å². The SMILES string of the molecule is O=S(=O)(c1cccs1)N1CC[NH+](CCOc2ccccc2F)CC1. The largest absolute Gasteiger partial charge is 0.485 e. The Bertz CT molecular complexity index is 757. The Kier molecular flexibility index (Phi) is 5.50. The minimum atomic E-state index is -3.35. The second-order valence-corrected chi connectivity index (χ2v) is 8.73. The molecular weight excluding hydrogens is 351 g/mol. The van der Waals surface area contributed by atoms with Gasteiger partial charge >= 0.3 is 0 Å². The van der Waals surface area contributed by atoms with Gasteiger partial charge in [-0.1, -0.05) is 18.2 Å². The summed E-state index contributed by atoms with van der Waals surface area (Å²) in [7, 11) is -3.35. The van der Waals surface area contributed by atoms with Gasteiger partial charge in [0.2, 0.25) is 0 Å². The molecule has 24 heavy (non-hydrogen) atoms. The number of para-hydroxylation sites is 1. The maximum atomic E-state index is 13.5. The minimum absolute atomic E-state index is 0.260. The number of thiophene rings is 1. The number of nitrogens with zero attached hydrogens (tertiary/aromatic N) is 1. The third-order valence-corrected chi connectivity index (χ3v) is 7.34. The van der Waals surface area contributed by atoms with Crippen LogP contribution in [-0.2, 0) is 10.0 Å². The average molecular weight is 371 g/mol. The quantitative estimate of drug-likeness (QED) is 0.819. The average Bonchev–Trinajstić information content (AvgIpc) is 3.12. The predicted octanol–water partition coefficient (Wildman–Crippen LogP) is 0.855. The van der Waals surface area contributed by atoms with E-state index in [2.05, 4.69) is 0 Å². The highest BCUT2D eigenvalue weighted by atomic mass is 32.2. The van der Waals surface area contributed by atoms with E-state index in [4.69, 9.17) is 4.74 Å². The van der Waals surface area contributed by atoms with E-state index in [0.717, 1.165) is 19.6 Å². The van der Waals surface area contributed by atoms with Crippen molar-refractivity contribution < 1.29 is 22.4 Å². The summed E-state index contributed by atoms with van der Waals surface area (Å²) in [4.78, 5) is 1.27. The van der Waals surface area contributed by atoms with Crippen LogP contribution in [0.15, 0.2) is 46.0 Å². The number of halogens is 1. The Morgan fingerprint density at radius 3 is 2.58 bits per heavy atom. The van der Waals surface area contributed by atoms with Crippen LogP contribution in [0.1, 0.15) is 0 Å². The number of quaternary nitrogens is 1. The minimum Gasteiger partial charge on any atom is -0.485 e. The van der Waals surface area contributed by atoms with Crippen molar-refractivity contribution in [2.45, 2.75) is 4.21 Å². The van der Waals surface area contributed by atoms with Gasteiger partial charge in [0.1, 0.15) is 17.4 Å². The van der Waals surface area contributed by atoms with Gasteiger partial charge < -0.3 is 9.64 Å². The molecule has 0 bridgehead atoms. The summed E-state index contributed by atoms with van der Waals surface area (Å²) in [6, 6.07) is 9.73. The fourth-order valence-corrected chi connectivity index (χ4v) is 5.28. The van der Waals surface area contributed by atoms with Gasteiger partial charge in [-0.2, -0.15) is 4.31 Å². The maximum Gasteiger partial charge on any atom is 0.252 e. The van der Waals surface area contributed by atoms with Crippen molar-refractivity contribution in [3.8, 4) is 5.75 Å². The molecule has 1 aromatic heterocycles. The molecule has 3 rings (SSSR count). The summed E-state index contributed by atoms with van der Waals surface area (Å²) >= 11 is 1.25. The standard InChI is InChI=1S/C16H19FN2O3S2/c17-14-4-1-2-5-15(14)22-12-11-18-7-9-19(10-8-18)24(20,21)16-6-3-13-23-16/h1-6,13H,7-12H2/p+1. The lowest BCUT2D eigenvalue weighted by Gasteiger charge is -2.31. The highest BCUT2D eigenvalue weighted by molar-refractivity contribution is 7.91. The Hall–Kier alpha value is -1.48. The lowest BCUT2D eigenvalue weighted by Crippen LogP contribution is -3.15. The number of hydrogen-bond acceptors (Lipinski definition) is 4.